The standard InChI is InChI=1S/C15H17B2N3.C2H6/c1-9(2)10-6-5-7-11-13-12(8-19(3)18-13)15(16,17)20(4)14(10)11;1-2/h5-9H,1-4H3;1-2H3. The van der Waals surface area contributed by atoms with E-state index in [0.717, 1.165) is 22.5 Å². The number of fused-ring (bicyclic) bond motifs is 3. The third-order valence-corrected chi connectivity index (χ3v) is 4.10. The van der Waals surface area contributed by atoms with Gasteiger partial charge in [-0.25, -0.2) is 0 Å². The molecule has 0 fully saturated rings. The summed E-state index contributed by atoms with van der Waals surface area (Å²) < 4.78 is 1.77. The van der Waals surface area contributed by atoms with Crippen molar-refractivity contribution in [1.29, 1.82) is 0 Å². The molecule has 1 aromatic heterocycles. The van der Waals surface area contributed by atoms with E-state index in [2.05, 4.69) is 37.1 Å². The Morgan fingerprint density at radius 3 is 2.36 bits per heavy atom. The van der Waals surface area contributed by atoms with E-state index in [-0.39, 0.29) is 0 Å². The smallest absolute Gasteiger partial charge is 0.0983 e. The average molecular weight is 291 g/mol. The minimum absolute atomic E-state index is 0.397. The van der Waals surface area contributed by atoms with E-state index in [1.807, 2.05) is 39.0 Å². The molecule has 0 bridgehead atoms. The fourth-order valence-electron chi connectivity index (χ4n) is 2.94. The van der Waals surface area contributed by atoms with Crippen LogP contribution in [0.5, 0.6) is 0 Å². The van der Waals surface area contributed by atoms with Crippen LogP contribution >= 0.6 is 0 Å². The fraction of sp³-hybridized carbons (Fsp3) is 0.471. The van der Waals surface area contributed by atoms with Gasteiger partial charge in [-0.15, -0.1) is 0 Å². The van der Waals surface area contributed by atoms with Crippen LogP contribution in [-0.4, -0.2) is 32.5 Å². The van der Waals surface area contributed by atoms with E-state index in [1.54, 1.807) is 4.68 Å². The van der Waals surface area contributed by atoms with E-state index in [1.165, 1.54) is 5.56 Å². The SMILES string of the molecule is CC.[B]C1([B])c2cn(C)nc2-c2cccc(C(C)C)c2N1C. The van der Waals surface area contributed by atoms with Crippen LogP contribution in [0.1, 0.15) is 44.7 Å². The van der Waals surface area contributed by atoms with Gasteiger partial charge in [0.1, 0.15) is 0 Å². The first kappa shape index (κ1) is 16.7. The van der Waals surface area contributed by atoms with E-state index in [4.69, 9.17) is 15.7 Å². The number of aryl methyl sites for hydroxylation is 1. The van der Waals surface area contributed by atoms with E-state index < -0.39 is 5.34 Å². The largest absolute Gasteiger partial charge is 0.381 e. The molecule has 0 spiro atoms. The molecule has 2 aromatic rings. The Hall–Kier alpha value is -1.64. The molecule has 0 N–H and O–H groups in total. The lowest BCUT2D eigenvalue weighted by Crippen LogP contribution is -2.48. The van der Waals surface area contributed by atoms with Gasteiger partial charge in [0.2, 0.25) is 0 Å². The van der Waals surface area contributed by atoms with Crippen LogP contribution in [-0.2, 0) is 12.4 Å². The van der Waals surface area contributed by atoms with Crippen LogP contribution in [0.4, 0.5) is 5.69 Å². The monoisotopic (exact) mass is 291 g/mol. The molecule has 0 saturated carbocycles. The molecular weight excluding hydrogens is 268 g/mol. The summed E-state index contributed by atoms with van der Waals surface area (Å²) in [5, 5.41) is 3.51. The number of benzene rings is 1. The zero-order chi connectivity index (χ0) is 16.7. The van der Waals surface area contributed by atoms with Gasteiger partial charge >= 0.3 is 0 Å². The maximum atomic E-state index is 6.38. The van der Waals surface area contributed by atoms with Gasteiger partial charge in [-0.3, -0.25) is 4.68 Å². The molecule has 0 atom stereocenters. The molecule has 2 heterocycles. The van der Waals surface area contributed by atoms with Crippen LogP contribution in [0.2, 0.25) is 0 Å². The van der Waals surface area contributed by atoms with Gasteiger partial charge < -0.3 is 4.90 Å². The number of para-hydroxylation sites is 1. The minimum Gasteiger partial charge on any atom is -0.381 e. The predicted molar refractivity (Wildman–Crippen MR) is 95.7 cm³/mol. The molecule has 5 heteroatoms. The van der Waals surface area contributed by atoms with Crippen molar-refractivity contribution in [3.8, 4) is 11.3 Å². The zero-order valence-electron chi connectivity index (χ0n) is 14.4. The Balaban J connectivity index is 0.000000847. The molecule has 3 rings (SSSR count). The lowest BCUT2D eigenvalue weighted by molar-refractivity contribution is 0.764. The van der Waals surface area contributed by atoms with Crippen LogP contribution in [0, 0.1) is 0 Å². The number of aromatic nitrogens is 2. The zero-order valence-corrected chi connectivity index (χ0v) is 14.4. The molecule has 1 aliphatic heterocycles. The molecule has 3 nitrogen and oxygen atoms in total. The number of hydrogen-bond acceptors (Lipinski definition) is 2. The maximum absolute atomic E-state index is 6.38. The summed E-state index contributed by atoms with van der Waals surface area (Å²) in [5.74, 6) is 0.397. The van der Waals surface area contributed by atoms with E-state index in [9.17, 15) is 0 Å². The topological polar surface area (TPSA) is 21.1 Å². The first-order valence-electron chi connectivity index (χ1n) is 7.83. The Kier molecular flexibility index (Phi) is 4.46. The van der Waals surface area contributed by atoms with Crippen molar-refractivity contribution in [2.45, 2.75) is 39.0 Å². The summed E-state index contributed by atoms with van der Waals surface area (Å²) in [7, 11) is 16.6. The highest BCUT2D eigenvalue weighted by molar-refractivity contribution is 6.42. The summed E-state index contributed by atoms with van der Waals surface area (Å²) in [6.45, 7) is 8.35. The average Bonchev–Trinajstić information content (AvgIpc) is 2.89. The van der Waals surface area contributed by atoms with Crippen LogP contribution in [0.15, 0.2) is 24.4 Å². The van der Waals surface area contributed by atoms with Gasteiger partial charge in [0.25, 0.3) is 0 Å². The molecule has 112 valence electrons. The maximum Gasteiger partial charge on any atom is 0.0983 e. The molecule has 4 radical (unpaired) electrons. The second-order valence-corrected chi connectivity index (χ2v) is 5.85. The summed E-state index contributed by atoms with van der Waals surface area (Å²) in [6, 6.07) is 6.28. The number of rotatable bonds is 1. The molecule has 0 aliphatic carbocycles. The van der Waals surface area contributed by atoms with Gasteiger partial charge in [0.15, 0.2) is 0 Å². The molecule has 0 unspecified atom stereocenters. The molecule has 0 amide bonds. The summed E-state index contributed by atoms with van der Waals surface area (Å²) in [5.41, 5.74) is 5.16. The van der Waals surface area contributed by atoms with Crippen molar-refractivity contribution in [3.63, 3.8) is 0 Å². The first-order chi connectivity index (χ1) is 10.3. The van der Waals surface area contributed by atoms with Gasteiger partial charge in [-0.1, -0.05) is 45.9 Å². The molecule has 1 aromatic carbocycles. The summed E-state index contributed by atoms with van der Waals surface area (Å²) in [6.07, 6.45) is 1.90. The number of anilines is 1. The van der Waals surface area contributed by atoms with Crippen molar-refractivity contribution < 1.29 is 0 Å². The summed E-state index contributed by atoms with van der Waals surface area (Å²) in [4.78, 5) is 1.96. The van der Waals surface area contributed by atoms with Crippen molar-refractivity contribution in [2.75, 3.05) is 11.9 Å². The van der Waals surface area contributed by atoms with Crippen LogP contribution in [0.3, 0.4) is 0 Å². The number of nitrogens with zero attached hydrogens (tertiary/aromatic N) is 3. The normalized spacial score (nSPS) is 15.0. The molecular formula is C17H23B2N3. The Labute approximate surface area is 136 Å². The highest BCUT2D eigenvalue weighted by Crippen LogP contribution is 2.46. The Morgan fingerprint density at radius 2 is 1.77 bits per heavy atom. The lowest BCUT2D eigenvalue weighted by atomic mass is 9.55. The molecule has 0 saturated heterocycles. The minimum atomic E-state index is -1.04. The molecule has 22 heavy (non-hydrogen) atoms. The second-order valence-electron chi connectivity index (χ2n) is 5.85. The third-order valence-electron chi connectivity index (χ3n) is 4.10. The Morgan fingerprint density at radius 1 is 1.14 bits per heavy atom. The Bertz CT molecular complexity index is 675. The van der Waals surface area contributed by atoms with Crippen molar-refractivity contribution in [1.82, 2.24) is 9.78 Å². The number of hydrogen-bond donors (Lipinski definition) is 0. The fourth-order valence-corrected chi connectivity index (χ4v) is 2.94. The van der Waals surface area contributed by atoms with Crippen LogP contribution < -0.4 is 4.90 Å². The highest BCUT2D eigenvalue weighted by Gasteiger charge is 2.37. The van der Waals surface area contributed by atoms with E-state index >= 15 is 0 Å². The first-order valence-corrected chi connectivity index (χ1v) is 7.83. The van der Waals surface area contributed by atoms with Gasteiger partial charge in [-0.05, 0) is 16.8 Å². The van der Waals surface area contributed by atoms with Crippen molar-refractivity contribution in [2.24, 2.45) is 7.05 Å². The predicted octanol–water partition coefficient (Wildman–Crippen LogP) is 3.13. The molecule has 1 aliphatic rings. The van der Waals surface area contributed by atoms with Crippen molar-refractivity contribution in [3.05, 3.63) is 35.5 Å². The second kappa shape index (κ2) is 5.86. The third kappa shape index (κ3) is 2.37. The highest BCUT2D eigenvalue weighted by atomic mass is 15.3. The summed E-state index contributed by atoms with van der Waals surface area (Å²) >= 11 is 0. The van der Waals surface area contributed by atoms with Gasteiger partial charge in [0, 0.05) is 37.1 Å². The van der Waals surface area contributed by atoms with Crippen LogP contribution in [0.25, 0.3) is 11.3 Å². The van der Waals surface area contributed by atoms with Gasteiger partial charge in [0.05, 0.1) is 21.4 Å². The van der Waals surface area contributed by atoms with Crippen molar-refractivity contribution >= 4 is 21.4 Å². The quantitative estimate of drug-likeness (QED) is 0.753. The lowest BCUT2D eigenvalue weighted by Gasteiger charge is -2.44. The van der Waals surface area contributed by atoms with E-state index in [0.29, 0.717) is 5.92 Å². The van der Waals surface area contributed by atoms with Gasteiger partial charge in [-0.2, -0.15) is 5.10 Å².